The molecule has 6 heteroatoms. The normalized spacial score (nSPS) is 20.2. The summed E-state index contributed by atoms with van der Waals surface area (Å²) in [6.45, 7) is 5.62. The van der Waals surface area contributed by atoms with Gasteiger partial charge in [-0.3, -0.25) is 14.5 Å². The van der Waals surface area contributed by atoms with Crippen molar-refractivity contribution in [2.45, 2.75) is 32.2 Å². The Morgan fingerprint density at radius 1 is 1.20 bits per heavy atom. The number of rotatable bonds is 5. The topological polar surface area (TPSA) is 66.5 Å². The lowest BCUT2D eigenvalue weighted by Gasteiger charge is -2.22. The molecule has 1 aliphatic heterocycles. The molecule has 1 aromatic heterocycles. The van der Waals surface area contributed by atoms with Crippen LogP contribution in [0.1, 0.15) is 47.5 Å². The molecule has 0 saturated carbocycles. The monoisotopic (exact) mass is 356 g/mol. The number of ketones is 1. The van der Waals surface area contributed by atoms with Crippen molar-refractivity contribution in [3.63, 3.8) is 0 Å². The highest BCUT2D eigenvalue weighted by Gasteiger charge is 2.49. The second-order valence-electron chi connectivity index (χ2n) is 6.62. The van der Waals surface area contributed by atoms with Crippen molar-refractivity contribution in [2.24, 2.45) is 0 Å². The Morgan fingerprint density at radius 3 is 2.44 bits per heavy atom. The fourth-order valence-electron chi connectivity index (χ4n) is 2.90. The van der Waals surface area contributed by atoms with Crippen LogP contribution in [0.4, 0.5) is 4.79 Å². The van der Waals surface area contributed by atoms with E-state index in [4.69, 9.17) is 0 Å². The van der Waals surface area contributed by atoms with Gasteiger partial charge in [-0.2, -0.15) is 0 Å². The molecule has 1 N–H and O–H groups in total. The molecule has 2 aromatic rings. The third-order valence-corrected chi connectivity index (χ3v) is 5.44. The van der Waals surface area contributed by atoms with Crippen molar-refractivity contribution in [2.75, 3.05) is 6.54 Å². The highest BCUT2D eigenvalue weighted by atomic mass is 32.1. The number of nitrogens with one attached hydrogen (secondary N) is 1. The largest absolute Gasteiger partial charge is 0.325 e. The third-order valence-electron chi connectivity index (χ3n) is 4.53. The Labute approximate surface area is 150 Å². The molecule has 2 heterocycles. The van der Waals surface area contributed by atoms with Crippen molar-refractivity contribution >= 4 is 29.1 Å². The van der Waals surface area contributed by atoms with Crippen LogP contribution in [0.5, 0.6) is 0 Å². The highest BCUT2D eigenvalue weighted by Crippen LogP contribution is 2.30. The molecule has 0 spiro atoms. The summed E-state index contributed by atoms with van der Waals surface area (Å²) in [6.07, 6.45) is 0. The molecule has 130 valence electrons. The van der Waals surface area contributed by atoms with E-state index in [0.29, 0.717) is 16.4 Å². The Kier molecular flexibility index (Phi) is 4.47. The number of hydrogen-bond acceptors (Lipinski definition) is 4. The van der Waals surface area contributed by atoms with Crippen LogP contribution in [-0.2, 0) is 10.3 Å². The predicted octanol–water partition coefficient (Wildman–Crippen LogP) is 3.52. The minimum absolute atomic E-state index is 0.238. The first-order valence-electron chi connectivity index (χ1n) is 8.14. The van der Waals surface area contributed by atoms with Gasteiger partial charge in [0.05, 0.1) is 11.4 Å². The fourth-order valence-corrected chi connectivity index (χ4v) is 3.55. The van der Waals surface area contributed by atoms with E-state index in [1.807, 2.05) is 24.3 Å². The van der Waals surface area contributed by atoms with Gasteiger partial charge in [-0.15, -0.1) is 11.3 Å². The van der Waals surface area contributed by atoms with Crippen molar-refractivity contribution in [1.82, 2.24) is 10.2 Å². The van der Waals surface area contributed by atoms with Gasteiger partial charge in [-0.25, -0.2) is 4.79 Å². The van der Waals surface area contributed by atoms with Gasteiger partial charge in [-0.1, -0.05) is 44.2 Å². The van der Waals surface area contributed by atoms with Crippen molar-refractivity contribution in [3.05, 3.63) is 57.8 Å². The third kappa shape index (κ3) is 3.09. The molecular weight excluding hydrogens is 336 g/mol. The average Bonchev–Trinajstić information content (AvgIpc) is 3.19. The molecule has 1 aromatic carbocycles. The molecule has 1 aliphatic rings. The summed E-state index contributed by atoms with van der Waals surface area (Å²) in [4.78, 5) is 38.9. The van der Waals surface area contributed by atoms with Crippen LogP contribution < -0.4 is 5.32 Å². The molecule has 1 fully saturated rings. The number of benzene rings is 1. The van der Waals surface area contributed by atoms with E-state index < -0.39 is 17.5 Å². The summed E-state index contributed by atoms with van der Waals surface area (Å²) in [5.41, 5.74) is 0.720. The lowest BCUT2D eigenvalue weighted by atomic mass is 9.90. The molecule has 1 atom stereocenters. The standard InChI is InChI=1S/C19H20N2O3S/c1-12(2)13-6-8-14(9-7-13)19(3)17(23)21(18(24)20-19)11-15(22)16-5-4-10-25-16/h4-10,12H,11H2,1-3H3,(H,20,24)/t19-/m0/s1. The van der Waals surface area contributed by atoms with E-state index in [1.54, 1.807) is 24.4 Å². The number of carbonyl (C=O) groups is 3. The predicted molar refractivity (Wildman–Crippen MR) is 96.8 cm³/mol. The first-order valence-corrected chi connectivity index (χ1v) is 9.02. The highest BCUT2D eigenvalue weighted by molar-refractivity contribution is 7.12. The Bertz CT molecular complexity index is 812. The van der Waals surface area contributed by atoms with E-state index in [2.05, 4.69) is 19.2 Å². The number of imide groups is 1. The van der Waals surface area contributed by atoms with Gasteiger partial charge in [0, 0.05) is 0 Å². The van der Waals surface area contributed by atoms with Gasteiger partial charge >= 0.3 is 6.03 Å². The van der Waals surface area contributed by atoms with Crippen LogP contribution in [-0.4, -0.2) is 29.2 Å². The average molecular weight is 356 g/mol. The smallest absolute Gasteiger partial charge is 0.319 e. The lowest BCUT2D eigenvalue weighted by Crippen LogP contribution is -2.41. The van der Waals surface area contributed by atoms with Crippen LogP contribution in [0, 0.1) is 0 Å². The van der Waals surface area contributed by atoms with Gasteiger partial charge in [-0.05, 0) is 35.4 Å². The second-order valence-corrected chi connectivity index (χ2v) is 7.57. The van der Waals surface area contributed by atoms with E-state index in [-0.39, 0.29) is 12.3 Å². The summed E-state index contributed by atoms with van der Waals surface area (Å²) in [5.74, 6) is -0.256. The quantitative estimate of drug-likeness (QED) is 0.658. The summed E-state index contributed by atoms with van der Waals surface area (Å²) in [5, 5.41) is 4.53. The Hall–Kier alpha value is -2.47. The zero-order valence-corrected chi connectivity index (χ0v) is 15.2. The molecular formula is C19H20N2O3S. The van der Waals surface area contributed by atoms with Crippen LogP contribution in [0.2, 0.25) is 0 Å². The van der Waals surface area contributed by atoms with Gasteiger partial charge in [0.2, 0.25) is 0 Å². The van der Waals surface area contributed by atoms with Crippen molar-refractivity contribution in [3.8, 4) is 0 Å². The zero-order valence-electron chi connectivity index (χ0n) is 14.4. The molecule has 0 unspecified atom stereocenters. The maximum atomic E-state index is 12.9. The molecule has 0 aliphatic carbocycles. The van der Waals surface area contributed by atoms with E-state index >= 15 is 0 Å². The van der Waals surface area contributed by atoms with E-state index in [1.165, 1.54) is 11.3 Å². The van der Waals surface area contributed by atoms with Crippen LogP contribution >= 0.6 is 11.3 Å². The number of nitrogens with zero attached hydrogens (tertiary/aromatic N) is 1. The summed E-state index contributed by atoms with van der Waals surface area (Å²) in [6, 6.07) is 10.6. The molecule has 1 saturated heterocycles. The van der Waals surface area contributed by atoms with E-state index in [9.17, 15) is 14.4 Å². The van der Waals surface area contributed by atoms with Crippen LogP contribution in [0.3, 0.4) is 0 Å². The second kappa shape index (κ2) is 6.44. The molecule has 3 amide bonds. The van der Waals surface area contributed by atoms with Crippen LogP contribution in [0.25, 0.3) is 0 Å². The number of urea groups is 1. The molecule has 0 bridgehead atoms. The maximum Gasteiger partial charge on any atom is 0.325 e. The Morgan fingerprint density at radius 2 is 1.88 bits per heavy atom. The number of amides is 3. The minimum Gasteiger partial charge on any atom is -0.319 e. The van der Waals surface area contributed by atoms with Gasteiger partial charge < -0.3 is 5.32 Å². The molecule has 3 rings (SSSR count). The first kappa shape index (κ1) is 17.4. The van der Waals surface area contributed by atoms with Crippen molar-refractivity contribution < 1.29 is 14.4 Å². The summed E-state index contributed by atoms with van der Waals surface area (Å²) >= 11 is 1.30. The van der Waals surface area contributed by atoms with Crippen LogP contribution in [0.15, 0.2) is 41.8 Å². The number of carbonyl (C=O) groups excluding carboxylic acids is 3. The zero-order chi connectivity index (χ0) is 18.2. The van der Waals surface area contributed by atoms with E-state index in [0.717, 1.165) is 10.5 Å². The van der Waals surface area contributed by atoms with Crippen molar-refractivity contribution in [1.29, 1.82) is 0 Å². The number of hydrogen-bond donors (Lipinski definition) is 1. The van der Waals surface area contributed by atoms with Gasteiger partial charge in [0.1, 0.15) is 5.54 Å². The lowest BCUT2D eigenvalue weighted by molar-refractivity contribution is -0.130. The first-order chi connectivity index (χ1) is 11.8. The molecule has 25 heavy (non-hydrogen) atoms. The number of thiophene rings is 1. The SMILES string of the molecule is CC(C)c1ccc([C@]2(C)NC(=O)N(CC(=O)c3cccs3)C2=O)cc1. The minimum atomic E-state index is -1.15. The summed E-state index contributed by atoms with van der Waals surface area (Å²) in [7, 11) is 0. The number of Topliss-reactive ketones (excluding diaryl/α,β-unsaturated/α-hetero) is 1. The maximum absolute atomic E-state index is 12.9. The summed E-state index contributed by atoms with van der Waals surface area (Å²) < 4.78 is 0. The molecule has 0 radical (unpaired) electrons. The Balaban J connectivity index is 1.83. The fraction of sp³-hybridized carbons (Fsp3) is 0.316. The van der Waals surface area contributed by atoms with Gasteiger partial charge in [0.15, 0.2) is 5.78 Å². The molecule has 5 nitrogen and oxygen atoms in total. The van der Waals surface area contributed by atoms with Gasteiger partial charge in [0.25, 0.3) is 5.91 Å².